The summed E-state index contributed by atoms with van der Waals surface area (Å²) in [5.41, 5.74) is 3.49. The third kappa shape index (κ3) is 4.21. The Labute approximate surface area is 147 Å². The Kier molecular flexibility index (Phi) is 4.53. The molecule has 4 heteroatoms. The van der Waals surface area contributed by atoms with E-state index in [9.17, 15) is 4.79 Å². The van der Waals surface area contributed by atoms with E-state index in [1.54, 1.807) is 0 Å². The fourth-order valence-corrected chi connectivity index (χ4v) is 2.76. The van der Waals surface area contributed by atoms with Gasteiger partial charge in [0.15, 0.2) is 0 Å². The maximum absolute atomic E-state index is 11.8. The number of alkyl carbamates (subject to hydrolysis) is 1. The molecule has 0 atom stereocenters. The van der Waals surface area contributed by atoms with Crippen LogP contribution in [0.25, 0.3) is 22.1 Å². The van der Waals surface area contributed by atoms with E-state index in [4.69, 9.17) is 9.15 Å². The lowest BCUT2D eigenvalue weighted by molar-refractivity contribution is 0.0523. The largest absolute Gasteiger partial charge is 0.461 e. The van der Waals surface area contributed by atoms with Crippen LogP contribution in [0.4, 0.5) is 4.79 Å². The summed E-state index contributed by atoms with van der Waals surface area (Å²) in [6.07, 6.45) is -0.415. The minimum absolute atomic E-state index is 0.413. The van der Waals surface area contributed by atoms with E-state index in [2.05, 4.69) is 11.4 Å². The van der Waals surface area contributed by atoms with Crippen LogP contribution in [0.2, 0.25) is 0 Å². The van der Waals surface area contributed by atoms with Gasteiger partial charge in [0.25, 0.3) is 0 Å². The van der Waals surface area contributed by atoms with Crippen LogP contribution in [-0.2, 0) is 11.3 Å². The Bertz CT molecular complexity index is 903. The van der Waals surface area contributed by atoms with E-state index >= 15 is 0 Å². The summed E-state index contributed by atoms with van der Waals surface area (Å²) in [6, 6.07) is 16.2. The van der Waals surface area contributed by atoms with Gasteiger partial charge in [-0.05, 0) is 51.0 Å². The van der Waals surface area contributed by atoms with Gasteiger partial charge >= 0.3 is 6.09 Å². The topological polar surface area (TPSA) is 51.5 Å². The molecule has 1 N–H and O–H groups in total. The van der Waals surface area contributed by atoms with Crippen molar-refractivity contribution in [1.82, 2.24) is 5.32 Å². The van der Waals surface area contributed by atoms with Crippen LogP contribution < -0.4 is 5.32 Å². The molecule has 130 valence electrons. The zero-order valence-corrected chi connectivity index (χ0v) is 15.1. The van der Waals surface area contributed by atoms with Gasteiger partial charge in [0.1, 0.15) is 16.9 Å². The van der Waals surface area contributed by atoms with Gasteiger partial charge in [0, 0.05) is 17.5 Å². The fourth-order valence-electron chi connectivity index (χ4n) is 2.76. The first kappa shape index (κ1) is 17.1. The molecule has 0 spiro atoms. The van der Waals surface area contributed by atoms with Crippen LogP contribution in [0.5, 0.6) is 0 Å². The van der Waals surface area contributed by atoms with Crippen LogP contribution in [-0.4, -0.2) is 11.7 Å². The first-order valence-electron chi connectivity index (χ1n) is 8.37. The number of hydrogen-bond acceptors (Lipinski definition) is 3. The van der Waals surface area contributed by atoms with Crippen LogP contribution in [0.15, 0.2) is 52.9 Å². The number of hydrogen-bond donors (Lipinski definition) is 1. The summed E-state index contributed by atoms with van der Waals surface area (Å²) >= 11 is 0. The number of carbonyl (C=O) groups excluding carboxylic acids is 1. The third-order valence-corrected chi connectivity index (χ3v) is 3.74. The summed E-state index contributed by atoms with van der Waals surface area (Å²) in [6.45, 7) is 7.90. The fraction of sp³-hybridized carbons (Fsp3) is 0.286. The Morgan fingerprint density at radius 1 is 1.12 bits per heavy atom. The first-order valence-corrected chi connectivity index (χ1v) is 8.37. The minimum Gasteiger partial charge on any atom is -0.461 e. The average molecular weight is 337 g/mol. The maximum Gasteiger partial charge on any atom is 0.407 e. The molecule has 25 heavy (non-hydrogen) atoms. The van der Waals surface area contributed by atoms with Crippen molar-refractivity contribution in [2.24, 2.45) is 0 Å². The second-order valence-electron chi connectivity index (χ2n) is 7.14. The number of furan rings is 1. The zero-order chi connectivity index (χ0) is 18.0. The third-order valence-electron chi connectivity index (χ3n) is 3.74. The Balaban J connectivity index is 1.81. The van der Waals surface area contributed by atoms with Crippen LogP contribution in [0.3, 0.4) is 0 Å². The van der Waals surface area contributed by atoms with Crippen molar-refractivity contribution in [3.8, 4) is 11.1 Å². The van der Waals surface area contributed by atoms with Crippen LogP contribution in [0, 0.1) is 6.92 Å². The van der Waals surface area contributed by atoms with Gasteiger partial charge in [-0.1, -0.05) is 36.4 Å². The molecule has 3 rings (SSSR count). The number of amides is 1. The lowest BCUT2D eigenvalue weighted by Gasteiger charge is -2.19. The SMILES string of the molecule is Cc1cc2cccc(-c3cccc(CNC(=O)OC(C)(C)C)c3)c2o1. The number of benzene rings is 2. The molecular weight excluding hydrogens is 314 g/mol. The number of carbonyl (C=O) groups is 1. The van der Waals surface area contributed by atoms with Crippen molar-refractivity contribution < 1.29 is 13.9 Å². The number of fused-ring (bicyclic) bond motifs is 1. The second-order valence-corrected chi connectivity index (χ2v) is 7.14. The molecule has 1 amide bonds. The molecule has 0 unspecified atom stereocenters. The number of aryl methyl sites for hydroxylation is 1. The van der Waals surface area contributed by atoms with Gasteiger partial charge in [-0.15, -0.1) is 0 Å². The van der Waals surface area contributed by atoms with Crippen molar-refractivity contribution in [2.45, 2.75) is 39.8 Å². The molecule has 0 saturated heterocycles. The van der Waals surface area contributed by atoms with Crippen molar-refractivity contribution in [3.63, 3.8) is 0 Å². The van der Waals surface area contributed by atoms with E-state index in [-0.39, 0.29) is 0 Å². The summed E-state index contributed by atoms with van der Waals surface area (Å²) in [7, 11) is 0. The standard InChI is InChI=1S/C21H23NO3/c1-14-11-17-9-6-10-18(19(17)24-14)16-8-5-7-15(12-16)13-22-20(23)25-21(2,3)4/h5-12H,13H2,1-4H3,(H,22,23). The minimum atomic E-state index is -0.501. The molecule has 1 aromatic heterocycles. The molecule has 0 radical (unpaired) electrons. The molecule has 2 aromatic carbocycles. The molecule has 0 fully saturated rings. The van der Waals surface area contributed by atoms with E-state index < -0.39 is 11.7 Å². The Hall–Kier alpha value is -2.75. The number of rotatable bonds is 3. The highest BCUT2D eigenvalue weighted by Crippen LogP contribution is 2.31. The predicted octanol–water partition coefficient (Wildman–Crippen LogP) is 5.43. The normalized spacial score (nSPS) is 11.5. The van der Waals surface area contributed by atoms with Gasteiger partial charge in [-0.3, -0.25) is 0 Å². The van der Waals surface area contributed by atoms with Gasteiger partial charge in [0.05, 0.1) is 0 Å². The molecule has 1 heterocycles. The van der Waals surface area contributed by atoms with Crippen molar-refractivity contribution >= 4 is 17.1 Å². The average Bonchev–Trinajstić information content (AvgIpc) is 2.91. The highest BCUT2D eigenvalue weighted by atomic mass is 16.6. The highest BCUT2D eigenvalue weighted by molar-refractivity contribution is 5.92. The maximum atomic E-state index is 11.8. The number of para-hydroxylation sites is 1. The number of ether oxygens (including phenoxy) is 1. The lowest BCUT2D eigenvalue weighted by Crippen LogP contribution is -2.32. The summed E-state index contributed by atoms with van der Waals surface area (Å²) < 4.78 is 11.1. The van der Waals surface area contributed by atoms with E-state index in [1.165, 1.54) is 0 Å². The molecule has 0 aliphatic rings. The van der Waals surface area contributed by atoms with E-state index in [1.807, 2.05) is 70.2 Å². The van der Waals surface area contributed by atoms with Crippen molar-refractivity contribution in [2.75, 3.05) is 0 Å². The number of nitrogens with one attached hydrogen (secondary N) is 1. The molecule has 0 bridgehead atoms. The van der Waals surface area contributed by atoms with Crippen molar-refractivity contribution in [1.29, 1.82) is 0 Å². The quantitative estimate of drug-likeness (QED) is 0.693. The summed E-state index contributed by atoms with van der Waals surface area (Å²) in [5, 5.41) is 3.88. The van der Waals surface area contributed by atoms with Gasteiger partial charge in [-0.25, -0.2) is 4.79 Å². The van der Waals surface area contributed by atoms with Gasteiger partial charge < -0.3 is 14.5 Å². The monoisotopic (exact) mass is 337 g/mol. The first-order chi connectivity index (χ1) is 11.8. The molecule has 4 nitrogen and oxygen atoms in total. The molecule has 0 saturated carbocycles. The Morgan fingerprint density at radius 2 is 1.88 bits per heavy atom. The van der Waals surface area contributed by atoms with Gasteiger partial charge in [0.2, 0.25) is 0 Å². The van der Waals surface area contributed by atoms with Crippen molar-refractivity contribution in [3.05, 3.63) is 59.9 Å². The lowest BCUT2D eigenvalue weighted by atomic mass is 10.0. The van der Waals surface area contributed by atoms with E-state index in [0.717, 1.165) is 33.4 Å². The van der Waals surface area contributed by atoms with Gasteiger partial charge in [-0.2, -0.15) is 0 Å². The second kappa shape index (κ2) is 6.63. The van der Waals surface area contributed by atoms with E-state index in [0.29, 0.717) is 6.54 Å². The molecule has 0 aliphatic carbocycles. The molecular formula is C21H23NO3. The highest BCUT2D eigenvalue weighted by Gasteiger charge is 2.16. The zero-order valence-electron chi connectivity index (χ0n) is 15.1. The molecule has 0 aliphatic heterocycles. The van der Waals surface area contributed by atoms with Crippen LogP contribution >= 0.6 is 0 Å². The predicted molar refractivity (Wildman–Crippen MR) is 99.5 cm³/mol. The molecule has 3 aromatic rings. The van der Waals surface area contributed by atoms with Crippen LogP contribution in [0.1, 0.15) is 32.1 Å². The smallest absolute Gasteiger partial charge is 0.407 e. The Morgan fingerprint density at radius 3 is 2.64 bits per heavy atom. The summed E-state index contributed by atoms with van der Waals surface area (Å²) in [5.74, 6) is 0.894. The summed E-state index contributed by atoms with van der Waals surface area (Å²) in [4.78, 5) is 11.8.